The summed E-state index contributed by atoms with van der Waals surface area (Å²) in [6.07, 6.45) is 1.11. The van der Waals surface area contributed by atoms with Crippen LogP contribution in [0.5, 0.6) is 0 Å². The number of thiophene rings is 1. The van der Waals surface area contributed by atoms with Gasteiger partial charge in [0, 0.05) is 17.7 Å². The Kier molecular flexibility index (Phi) is 6.37. The van der Waals surface area contributed by atoms with E-state index in [-0.39, 0.29) is 11.3 Å². The Morgan fingerprint density at radius 1 is 1.16 bits per heavy atom. The molecule has 0 aliphatic carbocycles. The molecule has 0 saturated carbocycles. The molecule has 0 spiro atoms. The van der Waals surface area contributed by atoms with Crippen LogP contribution in [0.2, 0.25) is 0 Å². The number of esters is 1. The summed E-state index contributed by atoms with van der Waals surface area (Å²) in [5, 5.41) is 3.46. The van der Waals surface area contributed by atoms with Crippen molar-refractivity contribution in [2.24, 2.45) is 5.41 Å². The van der Waals surface area contributed by atoms with Crippen molar-refractivity contribution in [3.63, 3.8) is 0 Å². The molecule has 0 radical (unpaired) electrons. The highest BCUT2D eigenvalue weighted by molar-refractivity contribution is 7.16. The van der Waals surface area contributed by atoms with Gasteiger partial charge in [-0.15, -0.1) is 11.3 Å². The number of carbonyl (C=O) groups excluding carboxylic acids is 2. The van der Waals surface area contributed by atoms with Crippen LogP contribution in [0, 0.1) is 5.41 Å². The van der Waals surface area contributed by atoms with Gasteiger partial charge >= 0.3 is 5.97 Å². The monoisotopic (exact) mass is 359 g/mol. The summed E-state index contributed by atoms with van der Waals surface area (Å²) in [6, 6.07) is 11.9. The van der Waals surface area contributed by atoms with Crippen LogP contribution in [0.3, 0.4) is 0 Å². The van der Waals surface area contributed by atoms with Gasteiger partial charge in [0.15, 0.2) is 0 Å². The Balaban J connectivity index is 2.23. The number of hydrogen-bond acceptors (Lipinski definition) is 4. The Hall–Kier alpha value is -2.14. The highest BCUT2D eigenvalue weighted by Gasteiger charge is 2.21. The van der Waals surface area contributed by atoms with Crippen LogP contribution in [0.1, 0.15) is 54.9 Å². The van der Waals surface area contributed by atoms with Gasteiger partial charge in [0.25, 0.3) is 0 Å². The van der Waals surface area contributed by atoms with E-state index in [4.69, 9.17) is 4.74 Å². The maximum atomic E-state index is 12.3. The molecule has 2 rings (SSSR count). The Morgan fingerprint density at radius 3 is 2.44 bits per heavy atom. The Labute approximate surface area is 153 Å². The van der Waals surface area contributed by atoms with Gasteiger partial charge in [0.1, 0.15) is 5.00 Å². The van der Waals surface area contributed by atoms with Crippen molar-refractivity contribution in [1.29, 1.82) is 0 Å². The van der Waals surface area contributed by atoms with E-state index in [2.05, 4.69) is 5.32 Å². The van der Waals surface area contributed by atoms with E-state index in [1.54, 1.807) is 6.92 Å². The lowest BCUT2D eigenvalue weighted by atomic mass is 9.92. The number of rotatable bonds is 6. The molecule has 25 heavy (non-hydrogen) atoms. The Bertz CT molecular complexity index is 729. The summed E-state index contributed by atoms with van der Waals surface area (Å²) < 4.78 is 5.13. The van der Waals surface area contributed by atoms with E-state index in [1.165, 1.54) is 11.3 Å². The van der Waals surface area contributed by atoms with Crippen LogP contribution in [-0.4, -0.2) is 18.5 Å². The number of benzene rings is 1. The maximum Gasteiger partial charge on any atom is 0.341 e. The van der Waals surface area contributed by atoms with Crippen molar-refractivity contribution >= 4 is 28.2 Å². The molecule has 1 N–H and O–H groups in total. The molecule has 0 fully saturated rings. The van der Waals surface area contributed by atoms with Crippen LogP contribution >= 0.6 is 11.3 Å². The summed E-state index contributed by atoms with van der Waals surface area (Å²) in [5.41, 5.74) is 1.48. The fourth-order valence-electron chi connectivity index (χ4n) is 2.43. The molecule has 0 bridgehead atoms. The molecular formula is C20H25NO3S. The second-order valence-corrected chi connectivity index (χ2v) is 8.26. The molecule has 4 nitrogen and oxygen atoms in total. The van der Waals surface area contributed by atoms with Crippen molar-refractivity contribution < 1.29 is 14.3 Å². The minimum absolute atomic E-state index is 0.0915. The molecule has 0 atom stereocenters. The van der Waals surface area contributed by atoms with Crippen LogP contribution in [0.4, 0.5) is 5.00 Å². The molecule has 0 aliphatic heterocycles. The zero-order valence-corrected chi connectivity index (χ0v) is 16.0. The lowest BCUT2D eigenvalue weighted by Crippen LogP contribution is -2.20. The summed E-state index contributed by atoms with van der Waals surface area (Å²) in [4.78, 5) is 25.5. The lowest BCUT2D eigenvalue weighted by Gasteiger charge is -2.17. The number of hydrogen-bond donors (Lipinski definition) is 1. The topological polar surface area (TPSA) is 55.4 Å². The van der Waals surface area contributed by atoms with Gasteiger partial charge in [-0.25, -0.2) is 4.79 Å². The van der Waals surface area contributed by atoms with Crippen molar-refractivity contribution in [1.82, 2.24) is 0 Å². The van der Waals surface area contributed by atoms with E-state index >= 15 is 0 Å². The van der Waals surface area contributed by atoms with Gasteiger partial charge in [-0.05, 0) is 24.0 Å². The average Bonchev–Trinajstić information content (AvgIpc) is 2.89. The maximum absolute atomic E-state index is 12.3. The van der Waals surface area contributed by atoms with Crippen molar-refractivity contribution in [2.75, 3.05) is 11.9 Å². The summed E-state index contributed by atoms with van der Waals surface area (Å²) in [6.45, 7) is 8.10. The first kappa shape index (κ1) is 19.2. The largest absolute Gasteiger partial charge is 0.462 e. The van der Waals surface area contributed by atoms with E-state index in [0.29, 0.717) is 30.0 Å². The minimum Gasteiger partial charge on any atom is -0.462 e. The molecule has 5 heteroatoms. The molecule has 1 aromatic heterocycles. The van der Waals surface area contributed by atoms with Crippen LogP contribution in [-0.2, 0) is 16.0 Å². The minimum atomic E-state index is -0.399. The van der Waals surface area contributed by atoms with Crippen molar-refractivity contribution in [3.8, 4) is 0 Å². The molecule has 134 valence electrons. The van der Waals surface area contributed by atoms with Gasteiger partial charge in [0.2, 0.25) is 5.91 Å². The second kappa shape index (κ2) is 8.30. The molecular weight excluding hydrogens is 334 g/mol. The van der Waals surface area contributed by atoms with E-state index in [0.717, 1.165) is 10.4 Å². The first-order valence-corrected chi connectivity index (χ1v) is 9.24. The zero-order valence-electron chi connectivity index (χ0n) is 15.2. The fraction of sp³-hybridized carbons (Fsp3) is 0.400. The highest BCUT2D eigenvalue weighted by atomic mass is 32.1. The quantitative estimate of drug-likeness (QED) is 0.747. The normalized spacial score (nSPS) is 11.2. The van der Waals surface area contributed by atoms with Crippen LogP contribution in [0.25, 0.3) is 0 Å². The van der Waals surface area contributed by atoms with Crippen molar-refractivity contribution in [2.45, 2.75) is 40.5 Å². The molecule has 0 saturated heterocycles. The van der Waals surface area contributed by atoms with Crippen molar-refractivity contribution in [3.05, 3.63) is 52.4 Å². The van der Waals surface area contributed by atoms with E-state index in [9.17, 15) is 9.59 Å². The number of carbonyl (C=O) groups is 2. The molecule has 0 aliphatic rings. The van der Waals surface area contributed by atoms with Gasteiger partial charge in [-0.2, -0.15) is 0 Å². The standard InChI is InChI=1S/C20H25NO3S/c1-5-24-19(23)16-12-15(11-14-9-7-6-8-10-14)25-18(16)21-17(22)13-20(2,3)4/h6-10,12H,5,11,13H2,1-4H3,(H,21,22). The van der Waals surface area contributed by atoms with Gasteiger partial charge < -0.3 is 10.1 Å². The molecule has 1 heterocycles. The smallest absolute Gasteiger partial charge is 0.341 e. The van der Waals surface area contributed by atoms with Gasteiger partial charge in [-0.1, -0.05) is 51.1 Å². The van der Waals surface area contributed by atoms with Gasteiger partial charge in [-0.3, -0.25) is 4.79 Å². The zero-order chi connectivity index (χ0) is 18.4. The van der Waals surface area contributed by atoms with Crippen LogP contribution in [0.15, 0.2) is 36.4 Å². The lowest BCUT2D eigenvalue weighted by molar-refractivity contribution is -0.117. The molecule has 1 aromatic carbocycles. The van der Waals surface area contributed by atoms with Crippen LogP contribution < -0.4 is 5.32 Å². The second-order valence-electron chi connectivity index (χ2n) is 7.12. The number of ether oxygens (including phenoxy) is 1. The number of amides is 1. The summed E-state index contributed by atoms with van der Waals surface area (Å²) >= 11 is 1.43. The average molecular weight is 359 g/mol. The third kappa shape index (κ3) is 6.02. The molecule has 0 unspecified atom stereocenters. The first-order valence-electron chi connectivity index (χ1n) is 8.42. The van der Waals surface area contributed by atoms with E-state index in [1.807, 2.05) is 57.2 Å². The van der Waals surface area contributed by atoms with E-state index < -0.39 is 5.97 Å². The summed E-state index contributed by atoms with van der Waals surface area (Å²) in [7, 11) is 0. The Morgan fingerprint density at radius 2 is 1.84 bits per heavy atom. The fourth-order valence-corrected chi connectivity index (χ4v) is 3.53. The molecule has 2 aromatic rings. The molecule has 1 amide bonds. The van der Waals surface area contributed by atoms with Gasteiger partial charge in [0.05, 0.1) is 12.2 Å². The SMILES string of the molecule is CCOC(=O)c1cc(Cc2ccccc2)sc1NC(=O)CC(C)(C)C. The predicted molar refractivity (Wildman–Crippen MR) is 102 cm³/mol. The number of nitrogens with one attached hydrogen (secondary N) is 1. The predicted octanol–water partition coefficient (Wildman–Crippen LogP) is 4.89. The third-order valence-corrected chi connectivity index (χ3v) is 4.49. The highest BCUT2D eigenvalue weighted by Crippen LogP contribution is 2.31. The third-order valence-electron chi connectivity index (χ3n) is 3.44. The summed E-state index contributed by atoms with van der Waals surface area (Å²) in [5.74, 6) is -0.490. The first-order chi connectivity index (χ1) is 11.8. The number of anilines is 1.